The van der Waals surface area contributed by atoms with E-state index < -0.39 is 5.56 Å². The van der Waals surface area contributed by atoms with Crippen molar-refractivity contribution in [2.24, 2.45) is 0 Å². The zero-order valence-corrected chi connectivity index (χ0v) is 7.45. The first-order valence-electron chi connectivity index (χ1n) is 3.83. The second kappa shape index (κ2) is 3.12. The van der Waals surface area contributed by atoms with Gasteiger partial charge in [0.05, 0.1) is 11.6 Å². The lowest BCUT2D eigenvalue weighted by atomic mass is 10.1. The average molecular weight is 192 g/mol. The van der Waals surface area contributed by atoms with Crippen molar-refractivity contribution in [2.45, 2.75) is 5.56 Å². The molecule has 1 aromatic rings. The van der Waals surface area contributed by atoms with Gasteiger partial charge < -0.3 is 4.74 Å². The SMILES string of the molecule is N#CC1=Cc2ccccc2OC1Cl. The van der Waals surface area contributed by atoms with Crippen molar-refractivity contribution >= 4 is 17.7 Å². The van der Waals surface area contributed by atoms with Crippen molar-refractivity contribution in [3.05, 3.63) is 35.4 Å². The molecule has 1 unspecified atom stereocenters. The molecule has 1 aliphatic heterocycles. The zero-order valence-electron chi connectivity index (χ0n) is 6.70. The van der Waals surface area contributed by atoms with Crippen LogP contribution in [-0.2, 0) is 0 Å². The van der Waals surface area contributed by atoms with Gasteiger partial charge in [-0.05, 0) is 12.1 Å². The van der Waals surface area contributed by atoms with Gasteiger partial charge in [-0.3, -0.25) is 0 Å². The van der Waals surface area contributed by atoms with E-state index in [0.717, 1.165) is 11.3 Å². The Balaban J connectivity index is 2.51. The molecular formula is C10H6ClNO. The molecule has 0 aliphatic carbocycles. The highest BCUT2D eigenvalue weighted by Gasteiger charge is 2.19. The Bertz CT molecular complexity index is 406. The van der Waals surface area contributed by atoms with Crippen LogP contribution in [0.2, 0.25) is 0 Å². The Morgan fingerprint density at radius 2 is 2.15 bits per heavy atom. The van der Waals surface area contributed by atoms with Crippen LogP contribution in [0.3, 0.4) is 0 Å². The number of para-hydroxylation sites is 1. The standard InChI is InChI=1S/C10H6ClNO/c11-10-8(6-12)5-7-3-1-2-4-9(7)13-10/h1-5,10H. The Labute approximate surface area is 81.0 Å². The second-order valence-electron chi connectivity index (χ2n) is 2.68. The van der Waals surface area contributed by atoms with Crippen LogP contribution in [0.1, 0.15) is 5.56 Å². The molecule has 1 aliphatic rings. The van der Waals surface area contributed by atoms with E-state index in [-0.39, 0.29) is 0 Å². The van der Waals surface area contributed by atoms with Crippen LogP contribution in [-0.4, -0.2) is 5.56 Å². The molecular weight excluding hydrogens is 186 g/mol. The van der Waals surface area contributed by atoms with Crippen molar-refractivity contribution in [3.8, 4) is 11.8 Å². The lowest BCUT2D eigenvalue weighted by Gasteiger charge is -2.18. The fourth-order valence-electron chi connectivity index (χ4n) is 1.20. The maximum absolute atomic E-state index is 8.70. The predicted molar refractivity (Wildman–Crippen MR) is 50.3 cm³/mol. The topological polar surface area (TPSA) is 33.0 Å². The summed E-state index contributed by atoms with van der Waals surface area (Å²) in [5, 5.41) is 8.70. The van der Waals surface area contributed by atoms with E-state index in [1.807, 2.05) is 30.3 Å². The molecule has 0 saturated heterocycles. The van der Waals surface area contributed by atoms with Gasteiger partial charge in [0.15, 0.2) is 0 Å². The van der Waals surface area contributed by atoms with E-state index in [9.17, 15) is 0 Å². The molecule has 1 heterocycles. The summed E-state index contributed by atoms with van der Waals surface area (Å²) in [5.74, 6) is 0.724. The third kappa shape index (κ3) is 1.39. The predicted octanol–water partition coefficient (Wildman–Crippen LogP) is 2.55. The van der Waals surface area contributed by atoms with Crippen LogP contribution in [0.25, 0.3) is 6.08 Å². The third-order valence-electron chi connectivity index (χ3n) is 1.83. The summed E-state index contributed by atoms with van der Waals surface area (Å²) in [6, 6.07) is 9.47. The number of nitriles is 1. The Hall–Kier alpha value is -1.46. The van der Waals surface area contributed by atoms with Crippen LogP contribution in [0.4, 0.5) is 0 Å². The fourth-order valence-corrected chi connectivity index (χ4v) is 1.41. The van der Waals surface area contributed by atoms with Crippen molar-refractivity contribution in [1.82, 2.24) is 0 Å². The highest BCUT2D eigenvalue weighted by Crippen LogP contribution is 2.30. The Kier molecular flexibility index (Phi) is 1.96. The molecule has 1 aromatic carbocycles. The lowest BCUT2D eigenvalue weighted by molar-refractivity contribution is 0.315. The van der Waals surface area contributed by atoms with Gasteiger partial charge in [-0.2, -0.15) is 5.26 Å². The Morgan fingerprint density at radius 1 is 1.38 bits per heavy atom. The number of halogens is 1. The van der Waals surface area contributed by atoms with Gasteiger partial charge >= 0.3 is 0 Å². The summed E-state index contributed by atoms with van der Waals surface area (Å²) >= 11 is 5.80. The van der Waals surface area contributed by atoms with Gasteiger partial charge in [0.2, 0.25) is 5.56 Å². The molecule has 2 nitrogen and oxygen atoms in total. The van der Waals surface area contributed by atoms with Gasteiger partial charge in [0, 0.05) is 5.56 Å². The van der Waals surface area contributed by atoms with Crippen LogP contribution in [0.15, 0.2) is 29.8 Å². The maximum Gasteiger partial charge on any atom is 0.207 e. The smallest absolute Gasteiger partial charge is 0.207 e. The summed E-state index contributed by atoms with van der Waals surface area (Å²) in [6.07, 6.45) is 1.75. The molecule has 0 saturated carbocycles. The Morgan fingerprint density at radius 3 is 2.92 bits per heavy atom. The van der Waals surface area contributed by atoms with E-state index in [1.54, 1.807) is 6.08 Å². The number of alkyl halides is 1. The minimum Gasteiger partial charge on any atom is -0.469 e. The third-order valence-corrected chi connectivity index (χ3v) is 2.16. The molecule has 2 rings (SSSR count). The number of nitrogens with zero attached hydrogens (tertiary/aromatic N) is 1. The molecule has 0 radical (unpaired) electrons. The molecule has 0 aromatic heterocycles. The molecule has 0 spiro atoms. The van der Waals surface area contributed by atoms with Gasteiger partial charge in [-0.15, -0.1) is 0 Å². The summed E-state index contributed by atoms with van der Waals surface area (Å²) in [6.45, 7) is 0. The maximum atomic E-state index is 8.70. The van der Waals surface area contributed by atoms with Crippen molar-refractivity contribution in [2.75, 3.05) is 0 Å². The van der Waals surface area contributed by atoms with Crippen molar-refractivity contribution < 1.29 is 4.74 Å². The van der Waals surface area contributed by atoms with Crippen molar-refractivity contribution in [1.29, 1.82) is 5.26 Å². The fraction of sp³-hybridized carbons (Fsp3) is 0.100. The summed E-state index contributed by atoms with van der Waals surface area (Å²) in [7, 11) is 0. The first kappa shape index (κ1) is 8.15. The molecule has 1 atom stereocenters. The molecule has 0 amide bonds. The number of hydrogen-bond acceptors (Lipinski definition) is 2. The second-order valence-corrected chi connectivity index (χ2v) is 3.08. The van der Waals surface area contributed by atoms with E-state index in [2.05, 4.69) is 0 Å². The van der Waals surface area contributed by atoms with Crippen molar-refractivity contribution in [3.63, 3.8) is 0 Å². The minimum atomic E-state index is -0.653. The first-order chi connectivity index (χ1) is 6.31. The van der Waals surface area contributed by atoms with Crippen LogP contribution in [0, 0.1) is 11.3 Å². The lowest BCUT2D eigenvalue weighted by Crippen LogP contribution is -2.15. The molecule has 64 valence electrons. The average Bonchev–Trinajstić information content (AvgIpc) is 2.17. The number of hydrogen-bond donors (Lipinski definition) is 0. The number of benzene rings is 1. The summed E-state index contributed by atoms with van der Waals surface area (Å²) < 4.78 is 5.31. The quantitative estimate of drug-likeness (QED) is 0.591. The van der Waals surface area contributed by atoms with E-state index in [0.29, 0.717) is 5.57 Å². The molecule has 0 N–H and O–H groups in total. The monoisotopic (exact) mass is 191 g/mol. The summed E-state index contributed by atoms with van der Waals surface area (Å²) in [5.41, 5.74) is 0.691. The normalized spacial score (nSPS) is 19.4. The van der Waals surface area contributed by atoms with E-state index in [4.69, 9.17) is 21.6 Å². The van der Waals surface area contributed by atoms with Crippen LogP contribution in [0.5, 0.6) is 5.75 Å². The molecule has 13 heavy (non-hydrogen) atoms. The first-order valence-corrected chi connectivity index (χ1v) is 4.26. The zero-order chi connectivity index (χ0) is 9.26. The number of rotatable bonds is 0. The van der Waals surface area contributed by atoms with Gasteiger partial charge in [0.25, 0.3) is 0 Å². The van der Waals surface area contributed by atoms with E-state index in [1.165, 1.54) is 0 Å². The van der Waals surface area contributed by atoms with Gasteiger partial charge in [0.1, 0.15) is 5.75 Å². The highest BCUT2D eigenvalue weighted by molar-refractivity contribution is 6.22. The summed E-state index contributed by atoms with van der Waals surface area (Å²) in [4.78, 5) is 0. The molecule has 0 fully saturated rings. The number of ether oxygens (including phenoxy) is 1. The molecule has 3 heteroatoms. The number of fused-ring (bicyclic) bond motifs is 1. The van der Waals surface area contributed by atoms with Crippen LogP contribution < -0.4 is 4.74 Å². The van der Waals surface area contributed by atoms with Gasteiger partial charge in [-0.1, -0.05) is 29.8 Å². The van der Waals surface area contributed by atoms with Gasteiger partial charge in [-0.25, -0.2) is 0 Å². The largest absolute Gasteiger partial charge is 0.469 e. The van der Waals surface area contributed by atoms with Crippen LogP contribution >= 0.6 is 11.6 Å². The molecule has 0 bridgehead atoms. The van der Waals surface area contributed by atoms with E-state index >= 15 is 0 Å². The highest BCUT2D eigenvalue weighted by atomic mass is 35.5. The minimum absolute atomic E-state index is 0.445.